The number of nitrogens with zero attached hydrogens (tertiary/aromatic N) is 1. The second-order valence-electron chi connectivity index (χ2n) is 11.3. The van der Waals surface area contributed by atoms with Gasteiger partial charge in [-0.2, -0.15) is 0 Å². The summed E-state index contributed by atoms with van der Waals surface area (Å²) in [5.74, 6) is -0.721. The summed E-state index contributed by atoms with van der Waals surface area (Å²) in [5, 5.41) is 14.6. The standard InChI is InChI=1S/C37H39N3O4/c41-35(42)23-24-38-36(43)31-17-15-27(16-18-31)26-40(33-21-19-29(20-22-33)28-9-3-1-4-10-28)37(44)39-25-32-13-7-8-14-34(32)30-11-5-2-6-12-30/h2,5-8,11-22,28H,1,3-4,9-10,23-26H2,(H,38,43)(H,39,44)(H,41,42). The molecule has 1 saturated carbocycles. The van der Waals surface area contributed by atoms with Crippen molar-refractivity contribution in [2.75, 3.05) is 11.4 Å². The van der Waals surface area contributed by atoms with Crippen molar-refractivity contribution in [1.29, 1.82) is 0 Å². The summed E-state index contributed by atoms with van der Waals surface area (Å²) in [7, 11) is 0. The lowest BCUT2D eigenvalue weighted by Gasteiger charge is -2.26. The van der Waals surface area contributed by atoms with Crippen LogP contribution in [0.15, 0.2) is 103 Å². The van der Waals surface area contributed by atoms with Gasteiger partial charge in [-0.1, -0.05) is 98.1 Å². The second-order valence-corrected chi connectivity index (χ2v) is 11.3. The molecule has 0 radical (unpaired) electrons. The van der Waals surface area contributed by atoms with E-state index in [0.717, 1.165) is 27.9 Å². The van der Waals surface area contributed by atoms with Crippen LogP contribution in [0.2, 0.25) is 0 Å². The van der Waals surface area contributed by atoms with Gasteiger partial charge in [-0.05, 0) is 70.8 Å². The topological polar surface area (TPSA) is 98.7 Å². The zero-order valence-corrected chi connectivity index (χ0v) is 24.9. The zero-order valence-electron chi connectivity index (χ0n) is 24.9. The van der Waals surface area contributed by atoms with E-state index in [9.17, 15) is 14.4 Å². The number of hydrogen-bond donors (Lipinski definition) is 3. The van der Waals surface area contributed by atoms with Crippen LogP contribution in [0.3, 0.4) is 0 Å². The van der Waals surface area contributed by atoms with Crippen LogP contribution in [-0.4, -0.2) is 29.6 Å². The van der Waals surface area contributed by atoms with Crippen molar-refractivity contribution < 1.29 is 19.5 Å². The molecule has 7 heteroatoms. The zero-order chi connectivity index (χ0) is 30.7. The van der Waals surface area contributed by atoms with E-state index < -0.39 is 5.97 Å². The lowest BCUT2D eigenvalue weighted by atomic mass is 9.84. The third-order valence-corrected chi connectivity index (χ3v) is 8.24. The number of carboxylic acid groups (broad SMARTS) is 1. The molecule has 4 aromatic rings. The van der Waals surface area contributed by atoms with Crippen LogP contribution in [0.1, 0.15) is 71.5 Å². The summed E-state index contributed by atoms with van der Waals surface area (Å²) in [5.41, 5.74) is 6.62. The minimum absolute atomic E-state index is 0.0636. The van der Waals surface area contributed by atoms with Crippen molar-refractivity contribution in [1.82, 2.24) is 10.6 Å². The average molecular weight is 590 g/mol. The van der Waals surface area contributed by atoms with E-state index in [2.05, 4.69) is 41.0 Å². The van der Waals surface area contributed by atoms with E-state index in [1.807, 2.05) is 60.7 Å². The predicted octanol–water partition coefficient (Wildman–Crippen LogP) is 7.52. The highest BCUT2D eigenvalue weighted by molar-refractivity contribution is 5.94. The molecule has 0 heterocycles. The third-order valence-electron chi connectivity index (χ3n) is 8.24. The number of anilines is 1. The normalized spacial score (nSPS) is 13.2. The Bertz CT molecular complexity index is 1550. The monoisotopic (exact) mass is 589 g/mol. The van der Waals surface area contributed by atoms with Crippen LogP contribution >= 0.6 is 0 Å². The first-order chi connectivity index (χ1) is 21.5. The first-order valence-corrected chi connectivity index (χ1v) is 15.4. The first-order valence-electron chi connectivity index (χ1n) is 15.4. The Kier molecular flexibility index (Phi) is 10.4. The van der Waals surface area contributed by atoms with Crippen LogP contribution in [0, 0.1) is 0 Å². The molecule has 7 nitrogen and oxygen atoms in total. The Morgan fingerprint density at radius 2 is 1.43 bits per heavy atom. The largest absolute Gasteiger partial charge is 0.481 e. The summed E-state index contributed by atoms with van der Waals surface area (Å²) in [6, 6.07) is 33.4. The second kappa shape index (κ2) is 15.0. The lowest BCUT2D eigenvalue weighted by molar-refractivity contribution is -0.136. The van der Waals surface area contributed by atoms with Crippen molar-refractivity contribution >= 4 is 23.6 Å². The Labute approximate surface area is 258 Å². The van der Waals surface area contributed by atoms with Gasteiger partial charge >= 0.3 is 12.0 Å². The number of hydrogen-bond acceptors (Lipinski definition) is 3. The number of carbonyl (C=O) groups excluding carboxylic acids is 2. The Morgan fingerprint density at radius 1 is 0.750 bits per heavy atom. The maximum atomic E-state index is 13.8. The van der Waals surface area contributed by atoms with Gasteiger partial charge in [-0.25, -0.2) is 4.79 Å². The van der Waals surface area contributed by atoms with Gasteiger partial charge in [0.1, 0.15) is 0 Å². The summed E-state index contributed by atoms with van der Waals surface area (Å²) in [6.07, 6.45) is 6.11. The molecule has 0 bridgehead atoms. The van der Waals surface area contributed by atoms with Gasteiger partial charge in [0, 0.05) is 24.3 Å². The van der Waals surface area contributed by atoms with E-state index >= 15 is 0 Å². The molecule has 1 fully saturated rings. The number of aliphatic carboxylic acids is 1. The third kappa shape index (κ3) is 8.13. The van der Waals surface area contributed by atoms with E-state index in [0.29, 0.717) is 24.6 Å². The van der Waals surface area contributed by atoms with Crippen LogP contribution in [-0.2, 0) is 17.9 Å². The summed E-state index contributed by atoms with van der Waals surface area (Å²) in [4.78, 5) is 38.7. The van der Waals surface area contributed by atoms with Crippen LogP contribution < -0.4 is 15.5 Å². The summed E-state index contributed by atoms with van der Waals surface area (Å²) >= 11 is 0. The summed E-state index contributed by atoms with van der Waals surface area (Å²) in [6.45, 7) is 0.750. The van der Waals surface area contributed by atoms with Crippen molar-refractivity contribution in [3.05, 3.63) is 125 Å². The Hall–Kier alpha value is -4.91. The van der Waals surface area contributed by atoms with Gasteiger partial charge < -0.3 is 15.7 Å². The highest BCUT2D eigenvalue weighted by Crippen LogP contribution is 2.33. The number of amides is 3. The molecule has 4 aromatic carbocycles. The minimum Gasteiger partial charge on any atom is -0.481 e. The number of benzene rings is 4. The van der Waals surface area contributed by atoms with Crippen molar-refractivity contribution in [2.45, 2.75) is 57.5 Å². The molecular formula is C37H39N3O4. The molecule has 44 heavy (non-hydrogen) atoms. The minimum atomic E-state index is -0.964. The van der Waals surface area contributed by atoms with Crippen LogP contribution in [0.4, 0.5) is 10.5 Å². The molecule has 0 unspecified atom stereocenters. The van der Waals surface area contributed by atoms with Gasteiger partial charge in [0.15, 0.2) is 0 Å². The fourth-order valence-electron chi connectivity index (χ4n) is 5.81. The van der Waals surface area contributed by atoms with E-state index in [1.165, 1.54) is 37.7 Å². The molecule has 0 aliphatic heterocycles. The highest BCUT2D eigenvalue weighted by Gasteiger charge is 2.20. The van der Waals surface area contributed by atoms with Crippen molar-refractivity contribution in [3.63, 3.8) is 0 Å². The maximum Gasteiger partial charge on any atom is 0.322 e. The van der Waals surface area contributed by atoms with Gasteiger partial charge in [0.05, 0.1) is 13.0 Å². The fraction of sp³-hybridized carbons (Fsp3) is 0.270. The number of carboxylic acids is 1. The first kappa shape index (κ1) is 30.5. The molecule has 1 aliphatic rings. The Balaban J connectivity index is 1.33. The molecule has 226 valence electrons. The predicted molar refractivity (Wildman–Crippen MR) is 174 cm³/mol. The lowest BCUT2D eigenvalue weighted by Crippen LogP contribution is -2.39. The molecular weight excluding hydrogens is 550 g/mol. The average Bonchev–Trinajstić information content (AvgIpc) is 3.07. The molecule has 0 saturated heterocycles. The number of urea groups is 1. The van der Waals surface area contributed by atoms with Crippen molar-refractivity contribution in [2.24, 2.45) is 0 Å². The number of carbonyl (C=O) groups is 3. The molecule has 3 amide bonds. The molecule has 0 aromatic heterocycles. The van der Waals surface area contributed by atoms with E-state index in [-0.39, 0.29) is 24.9 Å². The quantitative estimate of drug-likeness (QED) is 0.168. The fourth-order valence-corrected chi connectivity index (χ4v) is 5.81. The molecule has 1 aliphatic carbocycles. The van der Waals surface area contributed by atoms with Gasteiger partial charge in [0.2, 0.25) is 0 Å². The molecule has 0 spiro atoms. The van der Waals surface area contributed by atoms with Crippen molar-refractivity contribution in [3.8, 4) is 11.1 Å². The van der Waals surface area contributed by atoms with E-state index in [1.54, 1.807) is 17.0 Å². The van der Waals surface area contributed by atoms with Crippen LogP contribution in [0.5, 0.6) is 0 Å². The van der Waals surface area contributed by atoms with Gasteiger partial charge in [0.25, 0.3) is 5.91 Å². The number of nitrogens with one attached hydrogen (secondary N) is 2. The van der Waals surface area contributed by atoms with Gasteiger partial charge in [-0.15, -0.1) is 0 Å². The molecule has 3 N–H and O–H groups in total. The highest BCUT2D eigenvalue weighted by atomic mass is 16.4. The SMILES string of the molecule is O=C(O)CCNC(=O)c1ccc(CN(C(=O)NCc2ccccc2-c2ccccc2)c2ccc(C3CCCCC3)cc2)cc1. The molecule has 0 atom stereocenters. The molecule has 5 rings (SSSR count). The Morgan fingerprint density at radius 3 is 2.14 bits per heavy atom. The smallest absolute Gasteiger partial charge is 0.322 e. The number of rotatable bonds is 11. The van der Waals surface area contributed by atoms with Gasteiger partial charge in [-0.3, -0.25) is 14.5 Å². The van der Waals surface area contributed by atoms with E-state index in [4.69, 9.17) is 5.11 Å². The van der Waals surface area contributed by atoms with Crippen LogP contribution in [0.25, 0.3) is 11.1 Å². The summed E-state index contributed by atoms with van der Waals surface area (Å²) < 4.78 is 0. The maximum absolute atomic E-state index is 13.8.